The van der Waals surface area contributed by atoms with Crippen molar-refractivity contribution < 1.29 is 24.9 Å². The highest BCUT2D eigenvalue weighted by Gasteiger charge is 2.17. The molecule has 0 aliphatic carbocycles. The number of aromatic carboxylic acids is 1. The third-order valence-electron chi connectivity index (χ3n) is 5.17. The van der Waals surface area contributed by atoms with Crippen molar-refractivity contribution in [3.63, 3.8) is 0 Å². The summed E-state index contributed by atoms with van der Waals surface area (Å²) >= 11 is 0. The van der Waals surface area contributed by atoms with Crippen LogP contribution in [0.5, 0.6) is 11.5 Å². The third-order valence-corrected chi connectivity index (χ3v) is 5.17. The van der Waals surface area contributed by atoms with Crippen LogP contribution in [0.15, 0.2) is 12.1 Å². The van der Waals surface area contributed by atoms with Crippen LogP contribution in [-0.4, -0.2) is 34.5 Å². The number of methoxy groups -OCH3 is 1. The largest absolute Gasteiger partial charge is 0.508 e. The molecule has 0 saturated carbocycles. The van der Waals surface area contributed by atoms with E-state index in [9.17, 15) is 20.1 Å². The lowest BCUT2D eigenvalue weighted by molar-refractivity contribution is 0.0692. The molecule has 1 unspecified atom stereocenters. The van der Waals surface area contributed by atoms with Crippen LogP contribution in [-0.2, 0) is 6.42 Å². The van der Waals surface area contributed by atoms with Gasteiger partial charge in [0.1, 0.15) is 17.1 Å². The van der Waals surface area contributed by atoms with Gasteiger partial charge in [-0.1, -0.05) is 64.2 Å². The quantitative estimate of drug-likeness (QED) is 0.313. The molecular weight excluding hydrogens is 356 g/mol. The van der Waals surface area contributed by atoms with Gasteiger partial charge in [0.05, 0.1) is 13.2 Å². The van der Waals surface area contributed by atoms with Crippen LogP contribution in [0.1, 0.15) is 99.9 Å². The fourth-order valence-electron chi connectivity index (χ4n) is 3.60. The van der Waals surface area contributed by atoms with Crippen molar-refractivity contribution in [2.24, 2.45) is 0 Å². The lowest BCUT2D eigenvalue weighted by atomic mass is 9.99. The van der Waals surface area contributed by atoms with E-state index in [1.807, 2.05) is 6.92 Å². The summed E-state index contributed by atoms with van der Waals surface area (Å²) in [6.45, 7) is 1.85. The lowest BCUT2D eigenvalue weighted by Gasteiger charge is -2.11. The van der Waals surface area contributed by atoms with Gasteiger partial charge in [0.2, 0.25) is 0 Å². The number of aliphatic hydroxyl groups excluding tert-OH is 1. The predicted molar refractivity (Wildman–Crippen MR) is 112 cm³/mol. The van der Waals surface area contributed by atoms with Crippen LogP contribution in [0, 0.1) is 0 Å². The van der Waals surface area contributed by atoms with Crippen molar-refractivity contribution >= 4 is 5.97 Å². The molecule has 0 aliphatic rings. The van der Waals surface area contributed by atoms with Gasteiger partial charge in [0.25, 0.3) is 0 Å². The van der Waals surface area contributed by atoms with E-state index < -0.39 is 5.97 Å². The second kappa shape index (κ2) is 14.3. The Hall–Kier alpha value is -1.75. The second-order valence-corrected chi connectivity index (χ2v) is 7.76. The molecule has 0 amide bonds. The minimum atomic E-state index is -1.02. The maximum absolute atomic E-state index is 11.5. The van der Waals surface area contributed by atoms with E-state index in [0.29, 0.717) is 12.0 Å². The Labute approximate surface area is 169 Å². The predicted octanol–water partition coefficient (Wildman–Crippen LogP) is 5.70. The molecule has 1 rings (SSSR count). The highest BCUT2D eigenvalue weighted by Crippen LogP contribution is 2.29. The Bertz CT molecular complexity index is 568. The van der Waals surface area contributed by atoms with E-state index in [1.165, 1.54) is 64.2 Å². The fourth-order valence-corrected chi connectivity index (χ4v) is 3.60. The summed E-state index contributed by atoms with van der Waals surface area (Å²) in [6, 6.07) is 2.88. The molecule has 1 aromatic rings. The van der Waals surface area contributed by atoms with E-state index in [2.05, 4.69) is 0 Å². The second-order valence-electron chi connectivity index (χ2n) is 7.76. The van der Waals surface area contributed by atoms with Gasteiger partial charge in [-0.2, -0.15) is 0 Å². The number of hydrogen-bond donors (Lipinski definition) is 3. The SMILES string of the molecule is COc1cc(O)cc(CCCCCCCCCCCCCC(C)O)c1C(=O)O. The number of phenols is 1. The van der Waals surface area contributed by atoms with Crippen molar-refractivity contribution in [3.8, 4) is 11.5 Å². The standard InChI is InChI=1S/C23H38O5/c1-18(24)14-12-10-8-6-4-3-5-7-9-11-13-15-19-16-20(25)17-21(28-2)22(19)23(26)27/h16-18,24-25H,3-15H2,1-2H3,(H,26,27). The fraction of sp³-hybridized carbons (Fsp3) is 0.696. The molecule has 0 spiro atoms. The first-order chi connectivity index (χ1) is 13.5. The molecule has 1 atom stereocenters. The number of aromatic hydroxyl groups is 1. The Morgan fingerprint density at radius 3 is 1.89 bits per heavy atom. The summed E-state index contributed by atoms with van der Waals surface area (Å²) in [6.07, 6.45) is 14.5. The summed E-state index contributed by atoms with van der Waals surface area (Å²) in [5.41, 5.74) is 0.800. The summed E-state index contributed by atoms with van der Waals surface area (Å²) in [5, 5.41) is 28.4. The topological polar surface area (TPSA) is 87.0 Å². The summed E-state index contributed by atoms with van der Waals surface area (Å²) in [5.74, 6) is -0.756. The maximum atomic E-state index is 11.5. The van der Waals surface area contributed by atoms with Gasteiger partial charge >= 0.3 is 5.97 Å². The molecule has 0 fully saturated rings. The van der Waals surface area contributed by atoms with E-state index in [4.69, 9.17) is 4.74 Å². The number of aryl methyl sites for hydroxylation is 1. The van der Waals surface area contributed by atoms with Gasteiger partial charge in [-0.25, -0.2) is 4.79 Å². The number of aliphatic hydroxyl groups is 1. The number of phenolic OH excluding ortho intramolecular Hbond substituents is 1. The van der Waals surface area contributed by atoms with Crippen LogP contribution in [0.2, 0.25) is 0 Å². The Morgan fingerprint density at radius 1 is 0.929 bits per heavy atom. The number of ether oxygens (including phenoxy) is 1. The molecule has 0 bridgehead atoms. The number of carboxylic acid groups (broad SMARTS) is 1. The van der Waals surface area contributed by atoms with Crippen LogP contribution >= 0.6 is 0 Å². The highest BCUT2D eigenvalue weighted by molar-refractivity contribution is 5.93. The molecule has 0 aromatic heterocycles. The average Bonchev–Trinajstić information content (AvgIpc) is 2.64. The van der Waals surface area contributed by atoms with Crippen LogP contribution in [0.4, 0.5) is 0 Å². The van der Waals surface area contributed by atoms with Gasteiger partial charge in [-0.05, 0) is 37.8 Å². The molecule has 3 N–H and O–H groups in total. The molecule has 0 heterocycles. The molecule has 160 valence electrons. The van der Waals surface area contributed by atoms with Crippen LogP contribution < -0.4 is 4.74 Å². The molecule has 0 aliphatic heterocycles. The number of carbonyl (C=O) groups is 1. The number of hydrogen-bond acceptors (Lipinski definition) is 4. The Morgan fingerprint density at radius 2 is 1.43 bits per heavy atom. The first kappa shape index (κ1) is 24.3. The number of benzene rings is 1. The normalized spacial score (nSPS) is 12.1. The third kappa shape index (κ3) is 9.98. The maximum Gasteiger partial charge on any atom is 0.339 e. The molecular formula is C23H38O5. The van der Waals surface area contributed by atoms with Crippen molar-refractivity contribution in [2.75, 3.05) is 7.11 Å². The minimum absolute atomic E-state index is 0.0442. The van der Waals surface area contributed by atoms with E-state index in [1.54, 1.807) is 0 Å². The highest BCUT2D eigenvalue weighted by atomic mass is 16.5. The van der Waals surface area contributed by atoms with Crippen LogP contribution in [0.3, 0.4) is 0 Å². The molecule has 5 heteroatoms. The van der Waals surface area contributed by atoms with Gasteiger partial charge in [0, 0.05) is 6.07 Å². The van der Waals surface area contributed by atoms with E-state index in [0.717, 1.165) is 32.1 Å². The summed E-state index contributed by atoms with van der Waals surface area (Å²) in [7, 11) is 1.42. The zero-order valence-corrected chi connectivity index (χ0v) is 17.6. The first-order valence-corrected chi connectivity index (χ1v) is 10.8. The van der Waals surface area contributed by atoms with Crippen molar-refractivity contribution in [1.29, 1.82) is 0 Å². The summed E-state index contributed by atoms with van der Waals surface area (Å²) in [4.78, 5) is 11.5. The van der Waals surface area contributed by atoms with Crippen molar-refractivity contribution in [2.45, 2.75) is 96.5 Å². The molecule has 0 radical (unpaired) electrons. The van der Waals surface area contributed by atoms with Gasteiger partial charge in [-0.3, -0.25) is 0 Å². The lowest BCUT2D eigenvalue weighted by Crippen LogP contribution is -2.06. The Kier molecular flexibility index (Phi) is 12.4. The molecule has 1 aromatic carbocycles. The molecule has 0 saturated heterocycles. The smallest absolute Gasteiger partial charge is 0.339 e. The minimum Gasteiger partial charge on any atom is -0.508 e. The number of rotatable bonds is 16. The zero-order chi connectivity index (χ0) is 20.8. The van der Waals surface area contributed by atoms with E-state index in [-0.39, 0.29) is 23.2 Å². The van der Waals surface area contributed by atoms with Gasteiger partial charge in [0.15, 0.2) is 0 Å². The molecule has 5 nitrogen and oxygen atoms in total. The monoisotopic (exact) mass is 394 g/mol. The average molecular weight is 395 g/mol. The first-order valence-electron chi connectivity index (χ1n) is 10.8. The van der Waals surface area contributed by atoms with Gasteiger partial charge < -0.3 is 20.1 Å². The summed E-state index contributed by atoms with van der Waals surface area (Å²) < 4.78 is 5.10. The number of unbranched alkanes of at least 4 members (excludes halogenated alkanes) is 10. The van der Waals surface area contributed by atoms with Gasteiger partial charge in [-0.15, -0.1) is 0 Å². The van der Waals surface area contributed by atoms with Crippen molar-refractivity contribution in [3.05, 3.63) is 23.3 Å². The zero-order valence-electron chi connectivity index (χ0n) is 17.6. The Balaban J connectivity index is 2.12. The van der Waals surface area contributed by atoms with E-state index >= 15 is 0 Å². The van der Waals surface area contributed by atoms with Crippen LogP contribution in [0.25, 0.3) is 0 Å². The van der Waals surface area contributed by atoms with Crippen molar-refractivity contribution in [1.82, 2.24) is 0 Å². The molecule has 28 heavy (non-hydrogen) atoms. The number of carboxylic acids is 1.